The van der Waals surface area contributed by atoms with Gasteiger partial charge in [-0.2, -0.15) is 13.2 Å². The van der Waals surface area contributed by atoms with Gasteiger partial charge in [-0.1, -0.05) is 44.2 Å². The van der Waals surface area contributed by atoms with Crippen molar-refractivity contribution in [2.24, 2.45) is 5.92 Å². The summed E-state index contributed by atoms with van der Waals surface area (Å²) in [5.74, 6) is -0.00390. The second kappa shape index (κ2) is 10.0. The number of hydrogen-bond donors (Lipinski definition) is 1. The number of amides is 2. The van der Waals surface area contributed by atoms with E-state index >= 15 is 0 Å². The number of piperazine rings is 1. The SMILES string of the molecule is CC(C)[C@@H](NC(=O)Cc1ccccc1)C(=O)N1CCN(c2ccc(C(F)(F)F)cn2)CC1. The number of carbonyl (C=O) groups excluding carboxylic acids is 2. The van der Waals surface area contributed by atoms with Gasteiger partial charge in [0.1, 0.15) is 11.9 Å². The summed E-state index contributed by atoms with van der Waals surface area (Å²) >= 11 is 0. The third-order valence-corrected chi connectivity index (χ3v) is 5.45. The third-order valence-electron chi connectivity index (χ3n) is 5.45. The molecule has 2 aromatic rings. The van der Waals surface area contributed by atoms with Crippen LogP contribution in [-0.2, 0) is 22.2 Å². The molecule has 1 aliphatic rings. The molecule has 1 aromatic carbocycles. The van der Waals surface area contributed by atoms with Crippen molar-refractivity contribution in [3.8, 4) is 0 Å². The predicted molar refractivity (Wildman–Crippen MR) is 115 cm³/mol. The lowest BCUT2D eigenvalue weighted by Gasteiger charge is -2.37. The van der Waals surface area contributed by atoms with Crippen LogP contribution in [0, 0.1) is 5.92 Å². The summed E-state index contributed by atoms with van der Waals surface area (Å²) < 4.78 is 38.2. The lowest BCUT2D eigenvalue weighted by Crippen LogP contribution is -2.56. The molecule has 32 heavy (non-hydrogen) atoms. The van der Waals surface area contributed by atoms with Crippen molar-refractivity contribution in [2.75, 3.05) is 31.1 Å². The van der Waals surface area contributed by atoms with E-state index in [0.29, 0.717) is 32.0 Å². The molecular formula is C23H27F3N4O2. The van der Waals surface area contributed by atoms with E-state index in [4.69, 9.17) is 0 Å². The molecule has 1 N–H and O–H groups in total. The third kappa shape index (κ3) is 5.99. The molecular weight excluding hydrogens is 421 g/mol. The molecule has 9 heteroatoms. The molecule has 1 saturated heterocycles. The van der Waals surface area contributed by atoms with E-state index in [9.17, 15) is 22.8 Å². The number of carbonyl (C=O) groups is 2. The lowest BCUT2D eigenvalue weighted by molar-refractivity contribution is -0.138. The van der Waals surface area contributed by atoms with Crippen molar-refractivity contribution in [3.63, 3.8) is 0 Å². The average molecular weight is 448 g/mol. The Morgan fingerprint density at radius 3 is 2.22 bits per heavy atom. The van der Waals surface area contributed by atoms with Gasteiger partial charge in [-0.25, -0.2) is 4.98 Å². The van der Waals surface area contributed by atoms with Gasteiger partial charge >= 0.3 is 6.18 Å². The monoisotopic (exact) mass is 448 g/mol. The van der Waals surface area contributed by atoms with Crippen molar-refractivity contribution in [1.29, 1.82) is 0 Å². The molecule has 0 spiro atoms. The van der Waals surface area contributed by atoms with Crippen LogP contribution in [0.4, 0.5) is 19.0 Å². The summed E-state index contributed by atoms with van der Waals surface area (Å²) in [4.78, 5) is 33.0. The maximum absolute atomic E-state index is 13.1. The van der Waals surface area contributed by atoms with Crippen LogP contribution in [0.5, 0.6) is 0 Å². The van der Waals surface area contributed by atoms with Crippen LogP contribution in [0.3, 0.4) is 0 Å². The standard InChI is InChI=1S/C23H27F3N4O2/c1-16(2)21(28-20(31)14-17-6-4-3-5-7-17)22(32)30-12-10-29(11-13-30)19-9-8-18(15-27-19)23(24,25)26/h3-9,15-16,21H,10-14H2,1-2H3,(H,28,31)/t21-/m1/s1. The van der Waals surface area contributed by atoms with Crippen LogP contribution in [0.2, 0.25) is 0 Å². The number of halogens is 3. The molecule has 0 unspecified atom stereocenters. The number of pyridine rings is 1. The van der Waals surface area contributed by atoms with Gasteiger partial charge in [0.2, 0.25) is 11.8 Å². The Morgan fingerprint density at radius 2 is 1.69 bits per heavy atom. The fourth-order valence-electron chi connectivity index (χ4n) is 3.61. The van der Waals surface area contributed by atoms with Gasteiger partial charge in [-0.3, -0.25) is 9.59 Å². The molecule has 1 atom stereocenters. The molecule has 2 heterocycles. The first-order chi connectivity index (χ1) is 15.1. The first-order valence-corrected chi connectivity index (χ1v) is 10.6. The predicted octanol–water partition coefficient (Wildman–Crippen LogP) is 3.13. The lowest BCUT2D eigenvalue weighted by atomic mass is 10.0. The highest BCUT2D eigenvalue weighted by Gasteiger charge is 2.32. The minimum absolute atomic E-state index is 0.0863. The smallest absolute Gasteiger partial charge is 0.353 e. The van der Waals surface area contributed by atoms with Gasteiger partial charge < -0.3 is 15.1 Å². The van der Waals surface area contributed by atoms with Gasteiger partial charge in [-0.05, 0) is 23.6 Å². The zero-order chi connectivity index (χ0) is 23.3. The Kier molecular flexibility index (Phi) is 7.37. The van der Waals surface area contributed by atoms with E-state index in [0.717, 1.165) is 17.8 Å². The number of anilines is 1. The number of hydrogen-bond acceptors (Lipinski definition) is 4. The maximum Gasteiger partial charge on any atom is 0.417 e. The van der Waals surface area contributed by atoms with Gasteiger partial charge in [0.05, 0.1) is 12.0 Å². The Balaban J connectivity index is 1.57. The first kappa shape index (κ1) is 23.6. The van der Waals surface area contributed by atoms with Crippen LogP contribution in [-0.4, -0.2) is 53.9 Å². The van der Waals surface area contributed by atoms with E-state index in [2.05, 4.69) is 10.3 Å². The Morgan fingerprint density at radius 1 is 1.03 bits per heavy atom. The molecule has 2 amide bonds. The van der Waals surface area contributed by atoms with Gasteiger partial charge in [0.15, 0.2) is 0 Å². The van der Waals surface area contributed by atoms with Crippen molar-refractivity contribution in [3.05, 3.63) is 59.8 Å². The molecule has 172 valence electrons. The number of benzene rings is 1. The minimum atomic E-state index is -4.42. The summed E-state index contributed by atoms with van der Waals surface area (Å²) in [6.07, 6.45) is -3.40. The van der Waals surface area contributed by atoms with Crippen molar-refractivity contribution >= 4 is 17.6 Å². The van der Waals surface area contributed by atoms with Gasteiger partial charge in [0.25, 0.3) is 0 Å². The highest BCUT2D eigenvalue weighted by Crippen LogP contribution is 2.29. The number of alkyl halides is 3. The fourth-order valence-corrected chi connectivity index (χ4v) is 3.61. The quantitative estimate of drug-likeness (QED) is 0.738. The molecule has 6 nitrogen and oxygen atoms in total. The molecule has 1 fully saturated rings. The Hall–Kier alpha value is -3.10. The molecule has 0 bridgehead atoms. The highest BCUT2D eigenvalue weighted by molar-refractivity contribution is 5.88. The number of nitrogens with zero attached hydrogens (tertiary/aromatic N) is 3. The number of nitrogens with one attached hydrogen (secondary N) is 1. The summed E-state index contributed by atoms with van der Waals surface area (Å²) in [5, 5.41) is 2.86. The van der Waals surface area contributed by atoms with Crippen LogP contribution in [0.15, 0.2) is 48.7 Å². The average Bonchev–Trinajstić information content (AvgIpc) is 2.77. The second-order valence-corrected chi connectivity index (χ2v) is 8.17. The minimum Gasteiger partial charge on any atom is -0.353 e. The topological polar surface area (TPSA) is 65.5 Å². The highest BCUT2D eigenvalue weighted by atomic mass is 19.4. The van der Waals surface area contributed by atoms with E-state index in [-0.39, 0.29) is 24.2 Å². The normalized spacial score (nSPS) is 15.6. The second-order valence-electron chi connectivity index (χ2n) is 8.17. The van der Waals surface area contributed by atoms with E-state index in [1.165, 1.54) is 6.07 Å². The van der Waals surface area contributed by atoms with Gasteiger partial charge in [-0.15, -0.1) is 0 Å². The van der Waals surface area contributed by atoms with Crippen LogP contribution < -0.4 is 10.2 Å². The molecule has 1 aliphatic heterocycles. The first-order valence-electron chi connectivity index (χ1n) is 10.6. The largest absolute Gasteiger partial charge is 0.417 e. The van der Waals surface area contributed by atoms with Gasteiger partial charge in [0, 0.05) is 32.4 Å². The van der Waals surface area contributed by atoms with Crippen molar-refractivity contribution < 1.29 is 22.8 Å². The van der Waals surface area contributed by atoms with Crippen molar-refractivity contribution in [1.82, 2.24) is 15.2 Å². The Labute approximate surface area is 185 Å². The van der Waals surface area contributed by atoms with E-state index < -0.39 is 17.8 Å². The molecule has 1 aromatic heterocycles. The summed E-state index contributed by atoms with van der Waals surface area (Å²) in [5.41, 5.74) is 0.0821. The summed E-state index contributed by atoms with van der Waals surface area (Å²) in [6, 6.07) is 11.0. The van der Waals surface area contributed by atoms with E-state index in [1.807, 2.05) is 49.1 Å². The van der Waals surface area contributed by atoms with E-state index in [1.54, 1.807) is 4.90 Å². The van der Waals surface area contributed by atoms with Crippen LogP contribution >= 0.6 is 0 Å². The van der Waals surface area contributed by atoms with Crippen LogP contribution in [0.1, 0.15) is 25.0 Å². The van der Waals surface area contributed by atoms with Crippen molar-refractivity contribution in [2.45, 2.75) is 32.5 Å². The zero-order valence-corrected chi connectivity index (χ0v) is 18.1. The zero-order valence-electron chi connectivity index (χ0n) is 18.1. The molecule has 3 rings (SSSR count). The Bertz CT molecular complexity index is 909. The number of aromatic nitrogens is 1. The summed E-state index contributed by atoms with van der Waals surface area (Å²) in [6.45, 7) is 5.47. The molecule has 0 aliphatic carbocycles. The molecule has 0 radical (unpaired) electrons. The molecule has 0 saturated carbocycles. The number of rotatable bonds is 6. The maximum atomic E-state index is 13.1. The summed E-state index contributed by atoms with van der Waals surface area (Å²) in [7, 11) is 0. The van der Waals surface area contributed by atoms with Crippen LogP contribution in [0.25, 0.3) is 0 Å². The fraction of sp³-hybridized carbons (Fsp3) is 0.435.